The van der Waals surface area contributed by atoms with E-state index in [1.54, 1.807) is 37.2 Å². The number of amides is 3. The maximum atomic E-state index is 12.1. The molecule has 2 spiro atoms. The van der Waals surface area contributed by atoms with Gasteiger partial charge < -0.3 is 45.9 Å². The minimum Gasteiger partial charge on any atom is -0.489 e. The molecule has 61 heavy (non-hydrogen) atoms. The summed E-state index contributed by atoms with van der Waals surface area (Å²) in [4.78, 5) is 43.7. The van der Waals surface area contributed by atoms with Crippen LogP contribution in [0.25, 0.3) is 11.4 Å². The second-order valence-electron chi connectivity index (χ2n) is 17.9. The summed E-state index contributed by atoms with van der Waals surface area (Å²) >= 11 is 2.52. The molecule has 4 saturated carbocycles. The van der Waals surface area contributed by atoms with Crippen molar-refractivity contribution >= 4 is 45.3 Å². The lowest BCUT2D eigenvalue weighted by molar-refractivity contribution is -0.0844. The molecule has 4 aliphatic rings. The molecular weight excluding hydrogens is 904 g/mol. The van der Waals surface area contributed by atoms with Gasteiger partial charge in [-0.15, -0.1) is 21.8 Å². The number of benzene rings is 3. The van der Waals surface area contributed by atoms with E-state index in [1.807, 2.05) is 76.1 Å². The molecule has 0 atom stereocenters. The smallest absolute Gasteiger partial charge is 0.407 e. The number of carbonyl (C=O) groups excluding carboxylic acids is 3. The van der Waals surface area contributed by atoms with Gasteiger partial charge in [-0.3, -0.25) is 9.59 Å². The van der Waals surface area contributed by atoms with E-state index in [2.05, 4.69) is 56.7 Å². The molecule has 3 aromatic carbocycles. The van der Waals surface area contributed by atoms with Crippen LogP contribution >= 0.6 is 21.8 Å². The van der Waals surface area contributed by atoms with Crippen molar-refractivity contribution in [3.8, 4) is 22.9 Å². The number of imidazole rings is 2. The normalized spacial score (nSPS) is 24.5. The zero-order chi connectivity index (χ0) is 43.4. The summed E-state index contributed by atoms with van der Waals surface area (Å²) in [5.41, 5.74) is 20.3. The van der Waals surface area contributed by atoms with E-state index in [1.165, 1.54) is 0 Å². The summed E-state index contributed by atoms with van der Waals surface area (Å²) in [6, 6.07) is 20.8. The Kier molecular flexibility index (Phi) is 13.2. The van der Waals surface area contributed by atoms with Gasteiger partial charge in [0.1, 0.15) is 23.7 Å². The van der Waals surface area contributed by atoms with Crippen molar-refractivity contribution in [2.75, 3.05) is 0 Å². The molecule has 0 aliphatic heterocycles. The molecule has 16 heteroatoms. The first-order valence-corrected chi connectivity index (χ1v) is 27.3. The molecule has 322 valence electrons. The molecule has 0 radical (unpaired) electrons. The second kappa shape index (κ2) is 18.4. The number of hydrogen-bond donors (Lipinski definition) is 4. The molecule has 3 amide bonds. The number of carbonyl (C=O) groups is 3. The average Bonchev–Trinajstić information content (AvgIpc) is 3.90. The summed E-state index contributed by atoms with van der Waals surface area (Å²) in [6.45, 7) is 7.20. The summed E-state index contributed by atoms with van der Waals surface area (Å²) in [7, 11) is 0. The molecule has 0 saturated heterocycles. The van der Waals surface area contributed by atoms with Crippen molar-refractivity contribution < 1.29 is 28.6 Å². The van der Waals surface area contributed by atoms with E-state index in [4.69, 9.17) is 31.4 Å². The van der Waals surface area contributed by atoms with Gasteiger partial charge in [-0.25, -0.2) is 14.8 Å². The molecule has 4 aliphatic carbocycles. The van der Waals surface area contributed by atoms with Crippen LogP contribution < -0.4 is 32.0 Å². The molecular formula is C45H55IN8O6Si. The molecule has 9 rings (SSSR count). The molecule has 7 N–H and O–H groups in total. The van der Waals surface area contributed by atoms with E-state index < -0.39 is 17.4 Å². The number of nitrogens with two attached hydrogens (primary N) is 3. The van der Waals surface area contributed by atoms with E-state index in [0.29, 0.717) is 34.1 Å². The lowest BCUT2D eigenvalue weighted by Crippen LogP contribution is -2.58. The number of nitrogens with zero attached hydrogens (tertiary/aromatic N) is 4. The fraction of sp³-hybridized carbons (Fsp3) is 0.400. The third kappa shape index (κ3) is 11.4. The number of alkyl carbamates (subject to hydrolysis) is 1. The molecule has 2 aromatic heterocycles. The van der Waals surface area contributed by atoms with Crippen LogP contribution in [0, 0.1) is 10.8 Å². The highest BCUT2D eigenvalue weighted by Gasteiger charge is 2.55. The van der Waals surface area contributed by atoms with Crippen LogP contribution in [0.2, 0.25) is 19.6 Å². The number of hydrogen-bond acceptors (Lipinski definition) is 9. The molecule has 0 bridgehead atoms. The Bertz CT molecular complexity index is 2270. The predicted molar refractivity (Wildman–Crippen MR) is 244 cm³/mol. The summed E-state index contributed by atoms with van der Waals surface area (Å²) < 4.78 is 21.3. The molecule has 4 fully saturated rings. The van der Waals surface area contributed by atoms with E-state index in [9.17, 15) is 14.4 Å². The first-order valence-electron chi connectivity index (χ1n) is 20.6. The first kappa shape index (κ1) is 43.9. The van der Waals surface area contributed by atoms with Gasteiger partial charge in [0.05, 0.1) is 47.4 Å². The van der Waals surface area contributed by atoms with Crippen LogP contribution in [0.1, 0.15) is 77.6 Å². The van der Waals surface area contributed by atoms with Gasteiger partial charge in [-0.1, -0.05) is 50.0 Å². The Morgan fingerprint density at radius 2 is 1.20 bits per heavy atom. The SMILES string of the molecule is C[Si](C)(C)I.NC(=O)c1ccc(-n2ccnc2)cc1OC1CC2(CC(N)C2)C1.NC(=O)c1ccc(-n2ccnc2)cc1OC1CC2(CC(NC(=O)OCc3ccccc3)C2)C1. The molecule has 5 aromatic rings. The van der Waals surface area contributed by atoms with Gasteiger partial charge in [-0.05, 0) is 92.0 Å². The molecule has 14 nitrogen and oxygen atoms in total. The van der Waals surface area contributed by atoms with Crippen molar-refractivity contribution in [3.63, 3.8) is 0 Å². The number of nitrogens with one attached hydrogen (secondary N) is 1. The fourth-order valence-electron chi connectivity index (χ4n) is 8.85. The van der Waals surface area contributed by atoms with Gasteiger partial charge in [0.15, 0.2) is 0 Å². The molecule has 0 unspecified atom stereocenters. The summed E-state index contributed by atoms with van der Waals surface area (Å²) in [6.07, 6.45) is 18.0. The minimum atomic E-state index is -0.641. The fourth-order valence-corrected chi connectivity index (χ4v) is 8.85. The Balaban J connectivity index is 0.000000174. The number of primary amides is 2. The topological polar surface area (TPSA) is 205 Å². The first-order chi connectivity index (χ1) is 29.0. The van der Waals surface area contributed by atoms with E-state index >= 15 is 0 Å². The second-order valence-corrected chi connectivity index (χ2v) is 31.7. The zero-order valence-electron chi connectivity index (χ0n) is 34.8. The summed E-state index contributed by atoms with van der Waals surface area (Å²) in [5, 5.41) is 2.95. The van der Waals surface area contributed by atoms with Crippen molar-refractivity contribution in [3.05, 3.63) is 121 Å². The monoisotopic (exact) mass is 958 g/mol. The van der Waals surface area contributed by atoms with Crippen molar-refractivity contribution in [2.45, 2.75) is 102 Å². The van der Waals surface area contributed by atoms with Gasteiger partial charge in [0, 0.05) is 49.0 Å². The zero-order valence-corrected chi connectivity index (χ0v) is 38.0. The summed E-state index contributed by atoms with van der Waals surface area (Å²) in [5.74, 6) is 0.0502. The molecule has 2 heterocycles. The van der Waals surface area contributed by atoms with Gasteiger partial charge in [0.2, 0.25) is 0 Å². The maximum absolute atomic E-state index is 12.1. The largest absolute Gasteiger partial charge is 0.489 e. The number of aromatic nitrogens is 4. The number of ether oxygens (including phenoxy) is 3. The van der Waals surface area contributed by atoms with Gasteiger partial charge >= 0.3 is 6.09 Å². The Morgan fingerprint density at radius 3 is 1.61 bits per heavy atom. The van der Waals surface area contributed by atoms with Crippen LogP contribution in [-0.4, -0.2) is 66.9 Å². The Labute approximate surface area is 370 Å². The van der Waals surface area contributed by atoms with Crippen molar-refractivity contribution in [2.24, 2.45) is 28.0 Å². The van der Waals surface area contributed by atoms with E-state index in [0.717, 1.165) is 68.3 Å². The third-order valence-electron chi connectivity index (χ3n) is 11.6. The number of halogens is 1. The quantitative estimate of drug-likeness (QED) is 0.0588. The number of rotatable bonds is 11. The van der Waals surface area contributed by atoms with Crippen molar-refractivity contribution in [1.82, 2.24) is 24.4 Å². The predicted octanol–water partition coefficient (Wildman–Crippen LogP) is 7.46. The van der Waals surface area contributed by atoms with Crippen LogP contribution in [-0.2, 0) is 11.3 Å². The minimum absolute atomic E-state index is 0.0205. The van der Waals surface area contributed by atoms with E-state index in [-0.39, 0.29) is 36.4 Å². The lowest BCUT2D eigenvalue weighted by Gasteiger charge is -2.57. The highest BCUT2D eigenvalue weighted by atomic mass is 127. The lowest BCUT2D eigenvalue weighted by atomic mass is 9.53. The average molecular weight is 959 g/mol. The van der Waals surface area contributed by atoms with Crippen LogP contribution in [0.4, 0.5) is 4.79 Å². The van der Waals surface area contributed by atoms with Crippen LogP contribution in [0.3, 0.4) is 0 Å². The van der Waals surface area contributed by atoms with Gasteiger partial charge in [0.25, 0.3) is 11.8 Å². The highest BCUT2D eigenvalue weighted by molar-refractivity contribution is 14.1. The highest BCUT2D eigenvalue weighted by Crippen LogP contribution is 2.57. The maximum Gasteiger partial charge on any atom is 0.407 e. The standard InChI is InChI=1S/C25H26N4O4.C17H20N4O2.C3H9ISi/c26-23(30)21-7-6-19(29-9-8-27-16-29)10-22(21)33-20-13-25(14-20)11-18(12-25)28-24(31)32-15-17-4-2-1-3-5-17;18-11-6-17(7-11)8-13(9-17)23-15-5-12(21-4-3-20-10-21)1-2-14(15)16(19)22;1-5(2,3)4/h1-10,16,18,20H,11-15H2,(H2,26,30)(H,28,31);1-5,10-11,13H,6-9,18H2,(H2,19,22);1-3H3. The third-order valence-corrected chi connectivity index (χ3v) is 11.6. The Hall–Kier alpha value is -5.20. The van der Waals surface area contributed by atoms with Crippen LogP contribution in [0.15, 0.2) is 104 Å². The van der Waals surface area contributed by atoms with Crippen LogP contribution in [0.5, 0.6) is 11.5 Å². The Morgan fingerprint density at radius 1 is 0.738 bits per heavy atom. The van der Waals surface area contributed by atoms with Gasteiger partial charge in [-0.2, -0.15) is 0 Å². The van der Waals surface area contributed by atoms with Crippen molar-refractivity contribution in [1.29, 1.82) is 0 Å².